The Hall–Kier alpha value is -3.20. The third kappa shape index (κ3) is 7.68. The van der Waals surface area contributed by atoms with E-state index in [9.17, 15) is 13.2 Å². The summed E-state index contributed by atoms with van der Waals surface area (Å²) in [7, 11) is 1.63. The van der Waals surface area contributed by atoms with E-state index in [4.69, 9.17) is 30.5 Å². The van der Waals surface area contributed by atoms with Crippen LogP contribution >= 0.6 is 11.6 Å². The first-order valence-corrected chi connectivity index (χ1v) is 14.0. The van der Waals surface area contributed by atoms with Crippen LogP contribution in [0, 0.1) is 5.92 Å². The van der Waals surface area contributed by atoms with Gasteiger partial charge in [-0.05, 0) is 38.3 Å². The van der Waals surface area contributed by atoms with Crippen molar-refractivity contribution in [2.75, 3.05) is 28.4 Å². The fourth-order valence-corrected chi connectivity index (χ4v) is 5.32. The topological polar surface area (TPSA) is 162 Å². The lowest BCUT2D eigenvalue weighted by atomic mass is 10.1. The minimum absolute atomic E-state index is 0.00727. The van der Waals surface area contributed by atoms with E-state index in [-0.39, 0.29) is 35.4 Å². The number of hydrazine groups is 1. The van der Waals surface area contributed by atoms with E-state index in [1.54, 1.807) is 25.3 Å². The molecule has 2 unspecified atom stereocenters. The van der Waals surface area contributed by atoms with Gasteiger partial charge in [-0.1, -0.05) is 17.7 Å². The number of hydrogen-bond donors (Lipinski definition) is 3. The maximum Gasteiger partial charge on any atom is 0.241 e. The number of nitrogens with zero attached hydrogens (tertiary/aromatic N) is 3. The average molecular weight is 585 g/mol. The van der Waals surface area contributed by atoms with Gasteiger partial charge in [0.1, 0.15) is 22.9 Å². The second-order valence-electron chi connectivity index (χ2n) is 8.72. The number of para-hydroxylation sites is 1. The predicted octanol–water partition coefficient (Wildman–Crippen LogP) is 2.27. The van der Waals surface area contributed by atoms with Gasteiger partial charge in [0.15, 0.2) is 11.5 Å². The maximum atomic E-state index is 13.5. The highest BCUT2D eigenvalue weighted by Gasteiger charge is 2.34. The SMILES string of the molecule is COc1cccc(OC)c1/N=C(/NNC(=O)[C@H]1CC[C@H](OC)C1)NS(=O)(=O)C(C)C(OC)c1ncc(Cl)cn1. The summed E-state index contributed by atoms with van der Waals surface area (Å²) in [6, 6.07) is 4.97. The molecule has 0 spiro atoms. The van der Waals surface area contributed by atoms with Gasteiger partial charge in [-0.2, -0.15) is 0 Å². The van der Waals surface area contributed by atoms with Crippen molar-refractivity contribution in [3.05, 3.63) is 41.4 Å². The molecule has 1 amide bonds. The van der Waals surface area contributed by atoms with Gasteiger partial charge < -0.3 is 18.9 Å². The quantitative estimate of drug-likeness (QED) is 0.214. The van der Waals surface area contributed by atoms with Crippen LogP contribution in [-0.2, 0) is 24.3 Å². The van der Waals surface area contributed by atoms with Crippen molar-refractivity contribution in [1.82, 2.24) is 25.5 Å². The van der Waals surface area contributed by atoms with Gasteiger partial charge in [0, 0.05) is 32.5 Å². The first-order chi connectivity index (χ1) is 18.6. The van der Waals surface area contributed by atoms with Crippen molar-refractivity contribution in [3.63, 3.8) is 0 Å². The fraction of sp³-hybridized carbons (Fsp3) is 0.500. The van der Waals surface area contributed by atoms with Crippen molar-refractivity contribution in [2.24, 2.45) is 10.9 Å². The summed E-state index contributed by atoms with van der Waals surface area (Å²) in [6.07, 6.45) is 3.58. The minimum atomic E-state index is -4.20. The third-order valence-electron chi connectivity index (χ3n) is 6.32. The highest BCUT2D eigenvalue weighted by molar-refractivity contribution is 7.90. The standard InChI is InChI=1S/C24H33ClN6O7S/c1-14(21(38-5)22-26-12-16(25)13-27-22)39(33,34)31-24(28-20-18(36-3)7-6-8-19(20)37-4)30-29-23(32)15-9-10-17(11-15)35-2/h6-8,12-15,17,21H,9-11H2,1-5H3,(H,29,32)(H2,28,30,31)/t14?,15-,17-,21?/m0/s1. The summed E-state index contributed by atoms with van der Waals surface area (Å²) < 4.78 is 50.9. The number of carbonyl (C=O) groups is 1. The van der Waals surface area contributed by atoms with Crippen LogP contribution in [0.1, 0.15) is 38.1 Å². The number of guanidine groups is 1. The van der Waals surface area contributed by atoms with Crippen LogP contribution in [0.2, 0.25) is 5.02 Å². The zero-order valence-electron chi connectivity index (χ0n) is 22.3. The molecule has 0 saturated heterocycles. The predicted molar refractivity (Wildman–Crippen MR) is 144 cm³/mol. The number of hydrogen-bond acceptors (Lipinski definition) is 10. The van der Waals surface area contributed by atoms with Gasteiger partial charge >= 0.3 is 0 Å². The zero-order valence-corrected chi connectivity index (χ0v) is 23.9. The molecule has 1 saturated carbocycles. The number of halogens is 1. The molecule has 39 heavy (non-hydrogen) atoms. The number of amides is 1. The Labute approximate surface area is 232 Å². The van der Waals surface area contributed by atoms with Crippen molar-refractivity contribution >= 4 is 39.2 Å². The van der Waals surface area contributed by atoms with E-state index in [2.05, 4.69) is 30.5 Å². The number of aromatic nitrogens is 2. The van der Waals surface area contributed by atoms with Crippen LogP contribution in [0.5, 0.6) is 11.5 Å². The monoisotopic (exact) mass is 584 g/mol. The van der Waals surface area contributed by atoms with Crippen molar-refractivity contribution in [1.29, 1.82) is 0 Å². The third-order valence-corrected chi connectivity index (χ3v) is 8.22. The Balaban J connectivity index is 1.91. The molecule has 13 nitrogen and oxygen atoms in total. The number of sulfonamides is 1. The highest BCUT2D eigenvalue weighted by atomic mass is 35.5. The number of benzene rings is 1. The van der Waals surface area contributed by atoms with Gasteiger partial charge in [-0.15, -0.1) is 0 Å². The maximum absolute atomic E-state index is 13.5. The molecule has 1 aromatic carbocycles. The molecule has 2 aromatic rings. The first kappa shape index (κ1) is 30.3. The van der Waals surface area contributed by atoms with Crippen LogP contribution in [0.3, 0.4) is 0 Å². The summed E-state index contributed by atoms with van der Waals surface area (Å²) in [5.41, 5.74) is 5.36. The van der Waals surface area contributed by atoms with E-state index in [1.807, 2.05) is 0 Å². The fourth-order valence-electron chi connectivity index (χ4n) is 4.11. The molecular weight excluding hydrogens is 552 g/mol. The summed E-state index contributed by atoms with van der Waals surface area (Å²) >= 11 is 5.87. The van der Waals surface area contributed by atoms with Crippen molar-refractivity contribution < 1.29 is 32.2 Å². The Morgan fingerprint density at radius 1 is 1.08 bits per heavy atom. The molecule has 1 aliphatic carbocycles. The molecule has 1 aromatic heterocycles. The number of nitrogens with one attached hydrogen (secondary N) is 3. The minimum Gasteiger partial charge on any atom is -0.494 e. The van der Waals surface area contributed by atoms with E-state index in [0.717, 1.165) is 6.42 Å². The van der Waals surface area contributed by atoms with Gasteiger partial charge in [-0.3, -0.25) is 20.4 Å². The van der Waals surface area contributed by atoms with Crippen LogP contribution in [0.4, 0.5) is 5.69 Å². The van der Waals surface area contributed by atoms with E-state index in [0.29, 0.717) is 29.4 Å². The molecular formula is C24H33ClN6O7S. The lowest BCUT2D eigenvalue weighted by Gasteiger charge is -2.23. The average Bonchev–Trinajstić information content (AvgIpc) is 3.42. The van der Waals surface area contributed by atoms with Crippen LogP contribution in [0.15, 0.2) is 35.6 Å². The summed E-state index contributed by atoms with van der Waals surface area (Å²) in [6.45, 7) is 1.43. The lowest BCUT2D eigenvalue weighted by Crippen LogP contribution is -2.52. The van der Waals surface area contributed by atoms with Gasteiger partial charge in [-0.25, -0.2) is 23.4 Å². The van der Waals surface area contributed by atoms with E-state index < -0.39 is 21.4 Å². The lowest BCUT2D eigenvalue weighted by molar-refractivity contribution is -0.125. The van der Waals surface area contributed by atoms with Crippen molar-refractivity contribution in [2.45, 2.75) is 43.6 Å². The second-order valence-corrected chi connectivity index (χ2v) is 11.2. The first-order valence-electron chi connectivity index (χ1n) is 12.0. The Morgan fingerprint density at radius 2 is 1.72 bits per heavy atom. The van der Waals surface area contributed by atoms with Crippen LogP contribution in [0.25, 0.3) is 0 Å². The molecule has 214 valence electrons. The number of aliphatic imine (C=N–C) groups is 1. The van der Waals surface area contributed by atoms with Crippen LogP contribution in [-0.4, -0.2) is 70.0 Å². The number of ether oxygens (including phenoxy) is 4. The number of rotatable bonds is 10. The number of methoxy groups -OCH3 is 4. The Morgan fingerprint density at radius 3 is 2.26 bits per heavy atom. The van der Waals surface area contributed by atoms with E-state index in [1.165, 1.54) is 40.6 Å². The Bertz CT molecular complexity index is 1240. The molecule has 0 aliphatic heterocycles. The van der Waals surface area contributed by atoms with Gasteiger partial charge in [0.05, 0.1) is 25.3 Å². The van der Waals surface area contributed by atoms with Gasteiger partial charge in [0.2, 0.25) is 21.9 Å². The van der Waals surface area contributed by atoms with Gasteiger partial charge in [0.25, 0.3) is 0 Å². The second kappa shape index (κ2) is 13.7. The molecule has 1 aliphatic rings. The molecule has 1 fully saturated rings. The van der Waals surface area contributed by atoms with E-state index >= 15 is 0 Å². The molecule has 0 radical (unpaired) electrons. The number of carbonyl (C=O) groups excluding carboxylic acids is 1. The molecule has 4 atom stereocenters. The molecule has 3 N–H and O–H groups in total. The Kier molecular flexibility index (Phi) is 10.7. The highest BCUT2D eigenvalue weighted by Crippen LogP contribution is 2.37. The zero-order chi connectivity index (χ0) is 28.6. The van der Waals surface area contributed by atoms with Crippen molar-refractivity contribution in [3.8, 4) is 11.5 Å². The largest absolute Gasteiger partial charge is 0.494 e. The summed E-state index contributed by atoms with van der Waals surface area (Å²) in [5.74, 6) is -0.178. The molecule has 15 heteroatoms. The molecule has 3 rings (SSSR count). The molecule has 0 bridgehead atoms. The summed E-state index contributed by atoms with van der Waals surface area (Å²) in [4.78, 5) is 25.4. The normalized spacial score (nSPS) is 19.2. The summed E-state index contributed by atoms with van der Waals surface area (Å²) in [5, 5.41) is -0.898. The smallest absolute Gasteiger partial charge is 0.241 e. The van der Waals surface area contributed by atoms with Crippen LogP contribution < -0.4 is 25.0 Å². The molecule has 1 heterocycles.